The predicted octanol–water partition coefficient (Wildman–Crippen LogP) is 3.63. The summed E-state index contributed by atoms with van der Waals surface area (Å²) in [5.74, 6) is -0.151. The molecule has 0 fully saturated rings. The Bertz CT molecular complexity index is 823. The Morgan fingerprint density at radius 3 is 2.84 bits per heavy atom. The van der Waals surface area contributed by atoms with Crippen molar-refractivity contribution in [2.75, 3.05) is 0 Å². The number of hydrogen-bond acceptors (Lipinski definition) is 3. The van der Waals surface area contributed by atoms with E-state index >= 15 is 0 Å². The summed E-state index contributed by atoms with van der Waals surface area (Å²) in [6, 6.07) is 8.88. The minimum atomic E-state index is -0.151. The van der Waals surface area contributed by atoms with Gasteiger partial charge in [-0.3, -0.25) is 4.79 Å². The molecule has 2 aromatic heterocycles. The lowest BCUT2D eigenvalue weighted by Crippen LogP contribution is -1.99. The second kappa shape index (κ2) is 4.41. The number of aromatic amines is 1. The summed E-state index contributed by atoms with van der Waals surface area (Å²) < 4.78 is 5.48. The number of halogens is 1. The maximum absolute atomic E-state index is 12.4. The number of H-pyrrole nitrogens is 1. The van der Waals surface area contributed by atoms with E-state index in [0.717, 1.165) is 10.9 Å². The van der Waals surface area contributed by atoms with Gasteiger partial charge in [-0.15, -0.1) is 0 Å². The number of hydrogen-bond donors (Lipinski definition) is 1. The molecule has 0 aliphatic rings. The van der Waals surface area contributed by atoms with Crippen LogP contribution in [0.1, 0.15) is 21.5 Å². The first-order chi connectivity index (χ1) is 9.20. The minimum absolute atomic E-state index is 0.151. The first kappa shape index (κ1) is 11.8. The molecule has 1 aromatic carbocycles. The summed E-state index contributed by atoms with van der Waals surface area (Å²) in [7, 11) is 0. The zero-order valence-electron chi connectivity index (χ0n) is 9.61. The van der Waals surface area contributed by atoms with Crippen molar-refractivity contribution in [3.63, 3.8) is 0 Å². The number of nitrogens with one attached hydrogen (secondary N) is 1. The standard InChI is InChI=1S/C14H7BrN2O2/c15-14-9(3-4-19-14)13(18)11-7-17-12-2-1-8(6-16)5-10(11)12/h1-5,7,17H. The maximum atomic E-state index is 12.4. The van der Waals surface area contributed by atoms with E-state index in [1.54, 1.807) is 30.5 Å². The Hall–Kier alpha value is -2.32. The van der Waals surface area contributed by atoms with E-state index in [9.17, 15) is 4.79 Å². The molecule has 0 saturated heterocycles. The predicted molar refractivity (Wildman–Crippen MR) is 72.9 cm³/mol. The zero-order valence-corrected chi connectivity index (χ0v) is 11.2. The van der Waals surface area contributed by atoms with Crippen molar-refractivity contribution in [2.45, 2.75) is 0 Å². The first-order valence-electron chi connectivity index (χ1n) is 5.49. The van der Waals surface area contributed by atoms with Crippen molar-refractivity contribution in [3.8, 4) is 6.07 Å². The Labute approximate surface area is 116 Å². The van der Waals surface area contributed by atoms with Gasteiger partial charge >= 0.3 is 0 Å². The highest BCUT2D eigenvalue weighted by Crippen LogP contribution is 2.26. The van der Waals surface area contributed by atoms with Crippen LogP contribution in [0.15, 0.2) is 45.8 Å². The molecule has 1 N–H and O–H groups in total. The van der Waals surface area contributed by atoms with Crippen LogP contribution < -0.4 is 0 Å². The van der Waals surface area contributed by atoms with Crippen molar-refractivity contribution in [2.24, 2.45) is 0 Å². The highest BCUT2D eigenvalue weighted by atomic mass is 79.9. The Balaban J connectivity index is 2.18. The van der Waals surface area contributed by atoms with E-state index < -0.39 is 0 Å². The fourth-order valence-electron chi connectivity index (χ4n) is 1.98. The number of carbonyl (C=O) groups is 1. The molecule has 3 aromatic rings. The van der Waals surface area contributed by atoms with E-state index in [4.69, 9.17) is 9.68 Å². The average molecular weight is 315 g/mol. The summed E-state index contributed by atoms with van der Waals surface area (Å²) in [6.45, 7) is 0. The number of nitriles is 1. The van der Waals surface area contributed by atoms with Crippen LogP contribution in [-0.2, 0) is 0 Å². The molecule has 0 atom stereocenters. The Morgan fingerprint density at radius 2 is 2.16 bits per heavy atom. The van der Waals surface area contributed by atoms with Crippen LogP contribution in [0.4, 0.5) is 0 Å². The normalized spacial score (nSPS) is 10.5. The van der Waals surface area contributed by atoms with Gasteiger partial charge in [0.2, 0.25) is 0 Å². The molecule has 5 heteroatoms. The van der Waals surface area contributed by atoms with Crippen LogP contribution in [0.5, 0.6) is 0 Å². The van der Waals surface area contributed by atoms with Crippen molar-refractivity contribution >= 4 is 32.6 Å². The number of ketones is 1. The molecule has 3 rings (SSSR count). The smallest absolute Gasteiger partial charge is 0.199 e. The summed E-state index contributed by atoms with van der Waals surface area (Å²) in [5.41, 5.74) is 2.33. The summed E-state index contributed by atoms with van der Waals surface area (Å²) in [4.78, 5) is 15.4. The summed E-state index contributed by atoms with van der Waals surface area (Å²) in [5, 5.41) is 9.66. The van der Waals surface area contributed by atoms with Crippen LogP contribution >= 0.6 is 15.9 Å². The van der Waals surface area contributed by atoms with Gasteiger partial charge in [0.15, 0.2) is 10.5 Å². The second-order valence-electron chi connectivity index (χ2n) is 4.01. The molecule has 0 bridgehead atoms. The fraction of sp³-hybridized carbons (Fsp3) is 0. The van der Waals surface area contributed by atoms with Gasteiger partial charge in [0, 0.05) is 22.7 Å². The lowest BCUT2D eigenvalue weighted by Gasteiger charge is -1.97. The van der Waals surface area contributed by atoms with Gasteiger partial charge < -0.3 is 9.40 Å². The lowest BCUT2D eigenvalue weighted by molar-refractivity contribution is 0.103. The van der Waals surface area contributed by atoms with Gasteiger partial charge in [0.05, 0.1) is 23.5 Å². The molecule has 0 aliphatic carbocycles. The van der Waals surface area contributed by atoms with Crippen molar-refractivity contribution in [1.29, 1.82) is 5.26 Å². The molecule has 0 saturated carbocycles. The highest BCUT2D eigenvalue weighted by Gasteiger charge is 2.18. The Morgan fingerprint density at radius 1 is 1.32 bits per heavy atom. The quantitative estimate of drug-likeness (QED) is 0.734. The molecule has 0 amide bonds. The molecule has 0 aliphatic heterocycles. The maximum Gasteiger partial charge on any atom is 0.199 e. The van der Waals surface area contributed by atoms with Crippen LogP contribution in [0.3, 0.4) is 0 Å². The number of furan rings is 1. The molecule has 0 radical (unpaired) electrons. The minimum Gasteiger partial charge on any atom is -0.457 e. The molecule has 0 unspecified atom stereocenters. The van der Waals surface area contributed by atoms with Gasteiger partial charge in [-0.05, 0) is 40.2 Å². The molecule has 2 heterocycles. The zero-order chi connectivity index (χ0) is 13.4. The lowest BCUT2D eigenvalue weighted by atomic mass is 10.0. The second-order valence-corrected chi connectivity index (χ2v) is 4.73. The average Bonchev–Trinajstić information content (AvgIpc) is 3.03. The third kappa shape index (κ3) is 1.86. The van der Waals surface area contributed by atoms with Gasteiger partial charge in [0.25, 0.3) is 0 Å². The van der Waals surface area contributed by atoms with Crippen molar-refractivity contribution < 1.29 is 9.21 Å². The summed E-state index contributed by atoms with van der Waals surface area (Å²) in [6.07, 6.45) is 3.10. The molecular weight excluding hydrogens is 308 g/mol. The molecule has 4 nitrogen and oxygen atoms in total. The van der Waals surface area contributed by atoms with Crippen LogP contribution in [0.2, 0.25) is 0 Å². The van der Waals surface area contributed by atoms with E-state index in [1.807, 2.05) is 0 Å². The number of aromatic nitrogens is 1. The number of rotatable bonds is 2. The third-order valence-electron chi connectivity index (χ3n) is 2.92. The van der Waals surface area contributed by atoms with Gasteiger partial charge in [-0.25, -0.2) is 0 Å². The molecule has 0 spiro atoms. The largest absolute Gasteiger partial charge is 0.457 e. The monoisotopic (exact) mass is 314 g/mol. The first-order valence-corrected chi connectivity index (χ1v) is 6.29. The van der Waals surface area contributed by atoms with E-state index in [1.165, 1.54) is 6.26 Å². The van der Waals surface area contributed by atoms with E-state index in [0.29, 0.717) is 21.4 Å². The van der Waals surface area contributed by atoms with Gasteiger partial charge in [-0.1, -0.05) is 0 Å². The number of nitrogens with zero attached hydrogens (tertiary/aromatic N) is 1. The Kier molecular flexibility index (Phi) is 2.73. The third-order valence-corrected chi connectivity index (χ3v) is 3.53. The van der Waals surface area contributed by atoms with Crippen LogP contribution in [0, 0.1) is 11.3 Å². The van der Waals surface area contributed by atoms with Gasteiger partial charge in [-0.2, -0.15) is 5.26 Å². The van der Waals surface area contributed by atoms with Crippen molar-refractivity contribution in [3.05, 3.63) is 58.1 Å². The number of benzene rings is 1. The molecular formula is C14H7BrN2O2. The number of fused-ring (bicyclic) bond motifs is 1. The number of carbonyl (C=O) groups excluding carboxylic acids is 1. The van der Waals surface area contributed by atoms with E-state index in [2.05, 4.69) is 27.0 Å². The van der Waals surface area contributed by atoms with Crippen LogP contribution in [-0.4, -0.2) is 10.8 Å². The molecule has 19 heavy (non-hydrogen) atoms. The summed E-state index contributed by atoms with van der Waals surface area (Å²) >= 11 is 3.19. The van der Waals surface area contributed by atoms with Gasteiger partial charge in [0.1, 0.15) is 0 Å². The van der Waals surface area contributed by atoms with E-state index in [-0.39, 0.29) is 5.78 Å². The molecule has 92 valence electrons. The fourth-order valence-corrected chi connectivity index (χ4v) is 2.40. The van der Waals surface area contributed by atoms with Crippen molar-refractivity contribution in [1.82, 2.24) is 4.98 Å². The SMILES string of the molecule is N#Cc1ccc2[nH]cc(C(=O)c3ccoc3Br)c2c1. The highest BCUT2D eigenvalue weighted by molar-refractivity contribution is 9.10. The topological polar surface area (TPSA) is 69.8 Å². The van der Waals surface area contributed by atoms with Crippen LogP contribution in [0.25, 0.3) is 10.9 Å².